The Morgan fingerprint density at radius 3 is 2.78 bits per heavy atom. The fourth-order valence-electron chi connectivity index (χ4n) is 3.50. The summed E-state index contributed by atoms with van der Waals surface area (Å²) >= 11 is 0. The molecule has 0 radical (unpaired) electrons. The first kappa shape index (κ1) is 25.8. The fourth-order valence-corrected chi connectivity index (χ4v) is 3.50. The molecule has 1 atom stereocenters. The van der Waals surface area contributed by atoms with Crippen LogP contribution in [0.2, 0.25) is 0 Å². The van der Waals surface area contributed by atoms with E-state index in [4.69, 9.17) is 4.74 Å². The number of phenols is 1. The van der Waals surface area contributed by atoms with Crippen LogP contribution in [0.15, 0.2) is 47.5 Å². The average molecular weight is 562 g/mol. The number of nitrogens with zero attached hydrogens (tertiary/aromatic N) is 2. The Morgan fingerprint density at radius 1 is 1.28 bits per heavy atom. The van der Waals surface area contributed by atoms with Crippen molar-refractivity contribution >= 4 is 35.6 Å². The SMILES string of the molecule is CCNC(=NCc1cc(OC)ccc1O)NC1CCN(c2ccccc2OC(F)F)C1.I. The van der Waals surface area contributed by atoms with Crippen LogP contribution in [-0.2, 0) is 6.54 Å². The number of methoxy groups -OCH3 is 1. The fraction of sp³-hybridized carbons (Fsp3) is 0.409. The van der Waals surface area contributed by atoms with Gasteiger partial charge in [-0.05, 0) is 43.7 Å². The van der Waals surface area contributed by atoms with E-state index in [1.54, 1.807) is 49.6 Å². The molecule has 32 heavy (non-hydrogen) atoms. The van der Waals surface area contributed by atoms with Gasteiger partial charge in [0.25, 0.3) is 0 Å². The van der Waals surface area contributed by atoms with Gasteiger partial charge in [0.05, 0.1) is 19.3 Å². The second-order valence-corrected chi connectivity index (χ2v) is 7.11. The van der Waals surface area contributed by atoms with Crippen molar-refractivity contribution in [3.63, 3.8) is 0 Å². The number of phenolic OH excluding ortho intramolecular Hbond substituents is 1. The van der Waals surface area contributed by atoms with Gasteiger partial charge in [0.15, 0.2) is 5.96 Å². The molecule has 1 fully saturated rings. The summed E-state index contributed by atoms with van der Waals surface area (Å²) in [6, 6.07) is 11.9. The molecule has 0 bridgehead atoms. The Kier molecular flexibility index (Phi) is 10.1. The summed E-state index contributed by atoms with van der Waals surface area (Å²) in [6.45, 7) is 1.39. The van der Waals surface area contributed by atoms with E-state index in [1.807, 2.05) is 11.8 Å². The molecule has 2 aromatic rings. The van der Waals surface area contributed by atoms with Crippen LogP contribution in [0.25, 0.3) is 0 Å². The number of aromatic hydroxyl groups is 1. The Hall–Kier alpha value is -2.50. The average Bonchev–Trinajstić information content (AvgIpc) is 3.21. The van der Waals surface area contributed by atoms with Gasteiger partial charge in [0.2, 0.25) is 0 Å². The lowest BCUT2D eigenvalue weighted by Crippen LogP contribution is -2.44. The summed E-state index contributed by atoms with van der Waals surface area (Å²) in [6.07, 6.45) is 0.817. The number of aliphatic imine (C=N–C) groups is 1. The molecule has 2 aromatic carbocycles. The van der Waals surface area contributed by atoms with Crippen LogP contribution in [0.3, 0.4) is 0 Å². The van der Waals surface area contributed by atoms with Crippen molar-refractivity contribution in [1.82, 2.24) is 10.6 Å². The predicted molar refractivity (Wildman–Crippen MR) is 132 cm³/mol. The first-order valence-corrected chi connectivity index (χ1v) is 10.2. The van der Waals surface area contributed by atoms with Gasteiger partial charge in [-0.15, -0.1) is 24.0 Å². The van der Waals surface area contributed by atoms with Crippen molar-refractivity contribution in [2.45, 2.75) is 32.5 Å². The number of hydrogen-bond acceptors (Lipinski definition) is 5. The van der Waals surface area contributed by atoms with Gasteiger partial charge in [0, 0.05) is 31.2 Å². The second-order valence-electron chi connectivity index (χ2n) is 7.11. The summed E-state index contributed by atoms with van der Waals surface area (Å²) < 4.78 is 35.3. The van der Waals surface area contributed by atoms with Crippen molar-refractivity contribution in [2.24, 2.45) is 4.99 Å². The van der Waals surface area contributed by atoms with E-state index in [0.717, 1.165) is 6.42 Å². The minimum absolute atomic E-state index is 0. The zero-order chi connectivity index (χ0) is 22.2. The predicted octanol–water partition coefficient (Wildman–Crippen LogP) is 3.95. The molecule has 7 nitrogen and oxygen atoms in total. The smallest absolute Gasteiger partial charge is 0.387 e. The first-order valence-electron chi connectivity index (χ1n) is 10.2. The Balaban J connectivity index is 0.00000363. The van der Waals surface area contributed by atoms with Crippen molar-refractivity contribution in [2.75, 3.05) is 31.6 Å². The molecule has 1 aliphatic rings. The lowest BCUT2D eigenvalue weighted by atomic mass is 10.2. The first-order chi connectivity index (χ1) is 15.0. The van der Waals surface area contributed by atoms with E-state index >= 15 is 0 Å². The lowest BCUT2D eigenvalue weighted by molar-refractivity contribution is -0.0495. The van der Waals surface area contributed by atoms with Gasteiger partial charge in [-0.3, -0.25) is 0 Å². The second kappa shape index (κ2) is 12.5. The lowest BCUT2D eigenvalue weighted by Gasteiger charge is -2.22. The van der Waals surface area contributed by atoms with Crippen molar-refractivity contribution < 1.29 is 23.4 Å². The Labute approximate surface area is 203 Å². The third kappa shape index (κ3) is 7.01. The quantitative estimate of drug-likeness (QED) is 0.257. The van der Waals surface area contributed by atoms with Crippen LogP contribution in [-0.4, -0.2) is 50.5 Å². The van der Waals surface area contributed by atoms with Crippen molar-refractivity contribution in [1.29, 1.82) is 0 Å². The van der Waals surface area contributed by atoms with Crippen LogP contribution in [0.1, 0.15) is 18.9 Å². The summed E-state index contributed by atoms with van der Waals surface area (Å²) in [5, 5.41) is 16.7. The molecule has 1 heterocycles. The molecular formula is C22H29F2IN4O3. The standard InChI is InChI=1S/C22H28F2N4O3.HI/c1-3-25-22(26-13-15-12-17(30-2)8-9-19(15)29)27-16-10-11-28(14-16)18-6-4-5-7-20(18)31-21(23)24;/h4-9,12,16,21,29H,3,10-11,13-14H2,1-2H3,(H2,25,26,27);1H. The Bertz CT molecular complexity index is 901. The number of alkyl halides is 2. The van der Waals surface area contributed by atoms with E-state index < -0.39 is 6.61 Å². The van der Waals surface area contributed by atoms with Gasteiger partial charge in [-0.25, -0.2) is 4.99 Å². The topological polar surface area (TPSA) is 78.4 Å². The highest BCUT2D eigenvalue weighted by molar-refractivity contribution is 14.0. The van der Waals surface area contributed by atoms with Crippen LogP contribution in [0.5, 0.6) is 17.2 Å². The normalized spacial score (nSPS) is 16.0. The number of rotatable bonds is 8. The van der Waals surface area contributed by atoms with Crippen LogP contribution >= 0.6 is 24.0 Å². The highest BCUT2D eigenvalue weighted by Crippen LogP contribution is 2.31. The molecule has 176 valence electrons. The highest BCUT2D eigenvalue weighted by atomic mass is 127. The summed E-state index contributed by atoms with van der Waals surface area (Å²) in [7, 11) is 1.57. The molecule has 1 aliphatic heterocycles. The van der Waals surface area contributed by atoms with Gasteiger partial charge >= 0.3 is 6.61 Å². The maximum atomic E-state index is 12.7. The molecule has 0 aromatic heterocycles. The third-order valence-electron chi connectivity index (χ3n) is 4.99. The molecule has 0 amide bonds. The van der Waals surface area contributed by atoms with Crippen LogP contribution in [0.4, 0.5) is 14.5 Å². The van der Waals surface area contributed by atoms with E-state index in [1.165, 1.54) is 0 Å². The van der Waals surface area contributed by atoms with Crippen molar-refractivity contribution in [3.05, 3.63) is 48.0 Å². The summed E-state index contributed by atoms with van der Waals surface area (Å²) in [4.78, 5) is 6.60. The minimum atomic E-state index is -2.86. The number of guanidine groups is 1. The zero-order valence-corrected chi connectivity index (χ0v) is 20.4. The van der Waals surface area contributed by atoms with Gasteiger partial charge in [-0.2, -0.15) is 8.78 Å². The van der Waals surface area contributed by atoms with Crippen LogP contribution < -0.4 is 25.0 Å². The number of para-hydroxylation sites is 2. The molecule has 0 aliphatic carbocycles. The van der Waals surface area contributed by atoms with E-state index in [0.29, 0.717) is 42.6 Å². The summed E-state index contributed by atoms with van der Waals surface area (Å²) in [5.41, 5.74) is 1.30. The van der Waals surface area contributed by atoms with Crippen LogP contribution in [0, 0.1) is 0 Å². The molecule has 10 heteroatoms. The minimum Gasteiger partial charge on any atom is -0.508 e. The van der Waals surface area contributed by atoms with Gasteiger partial charge in [0.1, 0.15) is 17.2 Å². The highest BCUT2D eigenvalue weighted by Gasteiger charge is 2.26. The number of nitrogens with one attached hydrogen (secondary N) is 2. The number of ether oxygens (including phenoxy) is 2. The largest absolute Gasteiger partial charge is 0.508 e. The number of halogens is 3. The molecule has 3 N–H and O–H groups in total. The van der Waals surface area contributed by atoms with E-state index in [2.05, 4.69) is 20.4 Å². The van der Waals surface area contributed by atoms with E-state index in [9.17, 15) is 13.9 Å². The number of hydrogen-bond donors (Lipinski definition) is 3. The maximum absolute atomic E-state index is 12.7. The molecule has 0 spiro atoms. The van der Waals surface area contributed by atoms with Gasteiger partial charge in [-0.1, -0.05) is 12.1 Å². The number of anilines is 1. The number of benzene rings is 2. The third-order valence-corrected chi connectivity index (χ3v) is 4.99. The molecular weight excluding hydrogens is 533 g/mol. The van der Waals surface area contributed by atoms with E-state index in [-0.39, 0.29) is 48.1 Å². The monoisotopic (exact) mass is 562 g/mol. The van der Waals surface area contributed by atoms with Crippen molar-refractivity contribution in [3.8, 4) is 17.2 Å². The van der Waals surface area contributed by atoms with Gasteiger partial charge < -0.3 is 30.1 Å². The molecule has 1 unspecified atom stereocenters. The molecule has 3 rings (SSSR count). The Morgan fingerprint density at radius 2 is 2.06 bits per heavy atom. The summed E-state index contributed by atoms with van der Waals surface area (Å²) in [5.74, 6) is 1.60. The molecule has 0 saturated carbocycles. The molecule has 1 saturated heterocycles. The zero-order valence-electron chi connectivity index (χ0n) is 18.1. The maximum Gasteiger partial charge on any atom is 0.387 e.